The number of nitrogens with zero attached hydrogens (tertiary/aromatic N) is 7. The number of ether oxygens (including phenoxy) is 1. The SMILES string of the molecule is Cc1nc(C(C)(C)C#N)c(NC(=O)c2ccncc2)cc1-c1cc(N2CCOCC2)nc(N2CC(O)C2)n1. The Balaban J connectivity index is 1.60. The molecule has 11 heteroatoms. The molecule has 196 valence electrons. The van der Waals surface area contributed by atoms with Gasteiger partial charge in [-0.05, 0) is 39.0 Å². The summed E-state index contributed by atoms with van der Waals surface area (Å²) in [4.78, 5) is 35.5. The number of morpholine rings is 1. The van der Waals surface area contributed by atoms with Gasteiger partial charge in [0.25, 0.3) is 5.91 Å². The van der Waals surface area contributed by atoms with E-state index in [-0.39, 0.29) is 5.91 Å². The first-order chi connectivity index (χ1) is 18.2. The van der Waals surface area contributed by atoms with Crippen LogP contribution in [0.2, 0.25) is 0 Å². The number of hydrogen-bond donors (Lipinski definition) is 2. The van der Waals surface area contributed by atoms with E-state index in [2.05, 4.69) is 21.3 Å². The molecule has 38 heavy (non-hydrogen) atoms. The van der Waals surface area contributed by atoms with Crippen molar-refractivity contribution in [1.29, 1.82) is 5.26 Å². The number of nitrogens with one attached hydrogen (secondary N) is 1. The molecule has 3 aromatic heterocycles. The minimum atomic E-state index is -0.951. The first-order valence-electron chi connectivity index (χ1n) is 12.5. The van der Waals surface area contributed by atoms with Gasteiger partial charge in [-0.3, -0.25) is 14.8 Å². The van der Waals surface area contributed by atoms with Crippen LogP contribution >= 0.6 is 0 Å². The zero-order chi connectivity index (χ0) is 26.9. The Labute approximate surface area is 221 Å². The fourth-order valence-electron chi connectivity index (χ4n) is 4.46. The summed E-state index contributed by atoms with van der Waals surface area (Å²) in [6.45, 7) is 8.97. The molecule has 0 aromatic carbocycles. The van der Waals surface area contributed by atoms with Crippen LogP contribution in [0.15, 0.2) is 36.7 Å². The second-order valence-corrected chi connectivity index (χ2v) is 10.0. The number of carbonyl (C=O) groups is 1. The number of aryl methyl sites for hydroxylation is 1. The van der Waals surface area contributed by atoms with Crippen LogP contribution in [-0.2, 0) is 10.2 Å². The number of hydrogen-bond acceptors (Lipinski definition) is 10. The standard InChI is InChI=1S/C27H30N8O3/c1-17-20(12-22(24(30-17)27(2,3)16-28)31-25(37)18-4-6-29-7-5-18)21-13-23(34-8-10-38-11-9-34)33-26(32-21)35-14-19(36)15-35/h4-7,12-13,19,36H,8-11,14-15H2,1-3H3,(H,31,37). The van der Waals surface area contributed by atoms with Crippen LogP contribution in [0.5, 0.6) is 0 Å². The van der Waals surface area contributed by atoms with Gasteiger partial charge in [0.05, 0.1) is 47.9 Å². The predicted molar refractivity (Wildman–Crippen MR) is 142 cm³/mol. The van der Waals surface area contributed by atoms with Gasteiger partial charge in [0.2, 0.25) is 5.95 Å². The lowest BCUT2D eigenvalue weighted by Crippen LogP contribution is -2.51. The topological polar surface area (TPSA) is 140 Å². The van der Waals surface area contributed by atoms with Gasteiger partial charge in [-0.25, -0.2) is 4.98 Å². The van der Waals surface area contributed by atoms with E-state index in [1.54, 1.807) is 38.4 Å². The summed E-state index contributed by atoms with van der Waals surface area (Å²) in [5, 5.41) is 22.7. The highest BCUT2D eigenvalue weighted by Crippen LogP contribution is 2.35. The number of amides is 1. The molecule has 2 N–H and O–H groups in total. The third kappa shape index (κ3) is 5.14. The maximum atomic E-state index is 13.1. The number of nitriles is 1. The summed E-state index contributed by atoms with van der Waals surface area (Å²) in [6.07, 6.45) is 2.70. The zero-order valence-electron chi connectivity index (χ0n) is 21.7. The Bertz CT molecular complexity index is 1380. The molecule has 2 saturated heterocycles. The molecule has 2 aliphatic heterocycles. The summed E-state index contributed by atoms with van der Waals surface area (Å²) in [5.41, 5.74) is 2.43. The largest absolute Gasteiger partial charge is 0.389 e. The third-order valence-corrected chi connectivity index (χ3v) is 6.73. The summed E-state index contributed by atoms with van der Waals surface area (Å²) in [7, 11) is 0. The van der Waals surface area contributed by atoms with E-state index in [1.165, 1.54) is 0 Å². The van der Waals surface area contributed by atoms with Crippen molar-refractivity contribution < 1.29 is 14.6 Å². The number of anilines is 3. The maximum absolute atomic E-state index is 13.1. The van der Waals surface area contributed by atoms with Gasteiger partial charge in [-0.1, -0.05) is 0 Å². The van der Waals surface area contributed by atoms with Crippen LogP contribution in [0.4, 0.5) is 17.5 Å². The molecule has 2 fully saturated rings. The average Bonchev–Trinajstić information content (AvgIpc) is 2.92. The minimum Gasteiger partial charge on any atom is -0.389 e. The number of β-amino-alcohol motifs (C(OH)–C–C–N with tert-alkyl or cyclic N) is 1. The van der Waals surface area contributed by atoms with Crippen LogP contribution in [0.25, 0.3) is 11.3 Å². The van der Waals surface area contributed by atoms with Crippen molar-refractivity contribution in [2.75, 3.05) is 54.5 Å². The van der Waals surface area contributed by atoms with Gasteiger partial charge in [0.15, 0.2) is 0 Å². The monoisotopic (exact) mass is 514 g/mol. The first kappa shape index (κ1) is 25.5. The molecule has 11 nitrogen and oxygen atoms in total. The number of aliphatic hydroxyl groups is 1. The smallest absolute Gasteiger partial charge is 0.255 e. The molecule has 0 radical (unpaired) electrons. The van der Waals surface area contributed by atoms with E-state index in [0.29, 0.717) is 79.2 Å². The van der Waals surface area contributed by atoms with Crippen molar-refractivity contribution in [3.63, 3.8) is 0 Å². The molecule has 0 saturated carbocycles. The lowest BCUT2D eigenvalue weighted by Gasteiger charge is -2.37. The Kier molecular flexibility index (Phi) is 6.93. The van der Waals surface area contributed by atoms with Gasteiger partial charge in [-0.2, -0.15) is 10.2 Å². The second kappa shape index (κ2) is 10.3. The molecular weight excluding hydrogens is 484 g/mol. The van der Waals surface area contributed by atoms with Gasteiger partial charge in [0.1, 0.15) is 5.82 Å². The number of rotatable bonds is 6. The van der Waals surface area contributed by atoms with E-state index < -0.39 is 11.5 Å². The average molecular weight is 515 g/mol. The number of aromatic nitrogens is 4. The van der Waals surface area contributed by atoms with E-state index in [0.717, 1.165) is 5.82 Å². The van der Waals surface area contributed by atoms with Crippen molar-refractivity contribution in [2.45, 2.75) is 32.3 Å². The van der Waals surface area contributed by atoms with Gasteiger partial charge >= 0.3 is 0 Å². The van der Waals surface area contributed by atoms with Crippen molar-refractivity contribution in [1.82, 2.24) is 19.9 Å². The molecular formula is C27H30N8O3. The number of carbonyl (C=O) groups excluding carboxylic acids is 1. The van der Waals surface area contributed by atoms with Crippen LogP contribution in [0.3, 0.4) is 0 Å². The van der Waals surface area contributed by atoms with Crippen LogP contribution in [-0.4, -0.2) is 76.4 Å². The van der Waals surface area contributed by atoms with Crippen molar-refractivity contribution >= 4 is 23.4 Å². The van der Waals surface area contributed by atoms with E-state index in [9.17, 15) is 15.2 Å². The fraction of sp³-hybridized carbons (Fsp3) is 0.407. The molecule has 0 unspecified atom stereocenters. The van der Waals surface area contributed by atoms with Gasteiger partial charge in [-0.15, -0.1) is 0 Å². The van der Waals surface area contributed by atoms with Crippen LogP contribution in [0, 0.1) is 18.3 Å². The first-order valence-corrected chi connectivity index (χ1v) is 12.5. The van der Waals surface area contributed by atoms with Crippen LogP contribution in [0.1, 0.15) is 35.6 Å². The lowest BCUT2D eigenvalue weighted by molar-refractivity contribution is 0.102. The summed E-state index contributed by atoms with van der Waals surface area (Å²) in [5.74, 6) is 0.960. The van der Waals surface area contributed by atoms with Gasteiger partial charge in [0, 0.05) is 61.5 Å². The molecule has 5 rings (SSSR count). The predicted octanol–water partition coefficient (Wildman–Crippen LogP) is 2.31. The molecule has 0 atom stereocenters. The van der Waals surface area contributed by atoms with Gasteiger partial charge < -0.3 is 25.0 Å². The van der Waals surface area contributed by atoms with Crippen molar-refractivity contribution in [2.24, 2.45) is 0 Å². The molecule has 0 spiro atoms. The van der Waals surface area contributed by atoms with E-state index in [4.69, 9.17) is 19.7 Å². The Hall–Kier alpha value is -4.14. The normalized spacial score (nSPS) is 16.1. The zero-order valence-corrected chi connectivity index (χ0v) is 21.7. The maximum Gasteiger partial charge on any atom is 0.255 e. The molecule has 3 aromatic rings. The Morgan fingerprint density at radius 2 is 1.84 bits per heavy atom. The number of aliphatic hydroxyl groups excluding tert-OH is 1. The summed E-state index contributed by atoms with van der Waals surface area (Å²) in [6, 6.07) is 9.29. The molecule has 0 aliphatic carbocycles. The Morgan fingerprint density at radius 3 is 2.50 bits per heavy atom. The van der Waals surface area contributed by atoms with Crippen molar-refractivity contribution in [3.05, 3.63) is 53.6 Å². The minimum absolute atomic E-state index is 0.328. The molecule has 1 amide bonds. The highest BCUT2D eigenvalue weighted by molar-refractivity contribution is 6.04. The van der Waals surface area contributed by atoms with E-state index in [1.807, 2.05) is 24.0 Å². The van der Waals surface area contributed by atoms with Crippen LogP contribution < -0.4 is 15.1 Å². The highest BCUT2D eigenvalue weighted by atomic mass is 16.5. The van der Waals surface area contributed by atoms with E-state index >= 15 is 0 Å². The molecule has 2 aliphatic rings. The quantitative estimate of drug-likeness (QED) is 0.503. The summed E-state index contributed by atoms with van der Waals surface area (Å²) < 4.78 is 5.52. The Morgan fingerprint density at radius 1 is 1.13 bits per heavy atom. The summed E-state index contributed by atoms with van der Waals surface area (Å²) >= 11 is 0. The second-order valence-electron chi connectivity index (χ2n) is 10.0. The molecule has 5 heterocycles. The molecule has 0 bridgehead atoms. The van der Waals surface area contributed by atoms with Crippen molar-refractivity contribution in [3.8, 4) is 17.3 Å². The number of pyridine rings is 2. The fourth-order valence-corrected chi connectivity index (χ4v) is 4.46. The highest BCUT2D eigenvalue weighted by Gasteiger charge is 2.30. The lowest BCUT2D eigenvalue weighted by atomic mass is 9.88. The third-order valence-electron chi connectivity index (χ3n) is 6.73.